The number of aromatic nitrogens is 2. The van der Waals surface area contributed by atoms with E-state index in [2.05, 4.69) is 6.07 Å². The van der Waals surface area contributed by atoms with Crippen LogP contribution in [-0.2, 0) is 11.3 Å². The molecule has 6 rings (SSSR count). The van der Waals surface area contributed by atoms with E-state index >= 15 is 0 Å². The monoisotopic (exact) mass is 555 g/mol. The summed E-state index contributed by atoms with van der Waals surface area (Å²) in [5.74, 6) is -1.01. The van der Waals surface area contributed by atoms with Gasteiger partial charge in [-0.05, 0) is 66.3 Å². The second kappa shape index (κ2) is 10.5. The quantitative estimate of drug-likeness (QED) is 0.235. The van der Waals surface area contributed by atoms with E-state index in [4.69, 9.17) is 4.98 Å². The van der Waals surface area contributed by atoms with Crippen LogP contribution in [0.15, 0.2) is 60.7 Å². The number of benzene rings is 2. The van der Waals surface area contributed by atoms with Crippen LogP contribution in [0.3, 0.4) is 0 Å². The van der Waals surface area contributed by atoms with Gasteiger partial charge in [0.05, 0.1) is 27.1 Å². The fourth-order valence-corrected chi connectivity index (χ4v) is 6.98. The Morgan fingerprint density at radius 1 is 1.02 bits per heavy atom. The van der Waals surface area contributed by atoms with Gasteiger partial charge in [0, 0.05) is 25.0 Å². The van der Waals surface area contributed by atoms with Gasteiger partial charge >= 0.3 is 5.97 Å². The van der Waals surface area contributed by atoms with E-state index in [1.165, 1.54) is 29.9 Å². The smallest absolute Gasteiger partial charge is 0.345 e. The highest BCUT2D eigenvalue weighted by Gasteiger charge is 2.30. The second-order valence-corrected chi connectivity index (χ2v) is 11.8. The molecular weight excluding hydrogens is 525 g/mol. The Hall–Kier alpha value is -4.04. The lowest BCUT2D eigenvalue weighted by atomic mass is 9.83. The van der Waals surface area contributed by atoms with Crippen LogP contribution >= 0.6 is 11.3 Å². The summed E-state index contributed by atoms with van der Waals surface area (Å²) in [6, 6.07) is 18.1. The fraction of sp³-hybridized carbons (Fsp3) is 0.281. The van der Waals surface area contributed by atoms with Gasteiger partial charge < -0.3 is 14.6 Å². The molecule has 1 aliphatic rings. The van der Waals surface area contributed by atoms with Gasteiger partial charge in [0.25, 0.3) is 0 Å². The zero-order valence-corrected chi connectivity index (χ0v) is 23.3. The summed E-state index contributed by atoms with van der Waals surface area (Å²) in [6.45, 7) is 0.121. The molecule has 204 valence electrons. The summed E-state index contributed by atoms with van der Waals surface area (Å²) < 4.78 is 16.8. The first-order chi connectivity index (χ1) is 19.3. The molecule has 2 aromatic carbocycles. The number of pyridine rings is 1. The SMILES string of the molecule is CN(C)C(=O)Cn1c(-c2ccc3nc(-c4cccc(F)c4)ccc3c2)c(C2CCCCC2)c2sc(C(=O)O)cc21. The van der Waals surface area contributed by atoms with Gasteiger partial charge in [-0.3, -0.25) is 4.79 Å². The lowest BCUT2D eigenvalue weighted by molar-refractivity contribution is -0.129. The highest BCUT2D eigenvalue weighted by Crippen LogP contribution is 2.47. The van der Waals surface area contributed by atoms with Crippen molar-refractivity contribution in [3.8, 4) is 22.5 Å². The second-order valence-electron chi connectivity index (χ2n) is 10.7. The molecule has 1 aliphatic carbocycles. The molecule has 8 heteroatoms. The number of halogens is 1. The van der Waals surface area contributed by atoms with Crippen molar-refractivity contribution in [3.63, 3.8) is 0 Å². The first-order valence-electron chi connectivity index (χ1n) is 13.6. The molecule has 3 heterocycles. The third-order valence-electron chi connectivity index (χ3n) is 7.87. The summed E-state index contributed by atoms with van der Waals surface area (Å²) in [4.78, 5) is 31.6. The number of carbonyl (C=O) groups is 2. The van der Waals surface area contributed by atoms with Crippen molar-refractivity contribution in [2.24, 2.45) is 0 Å². The van der Waals surface area contributed by atoms with Crippen molar-refractivity contribution in [3.05, 3.63) is 76.9 Å². The zero-order valence-electron chi connectivity index (χ0n) is 22.5. The molecule has 0 bridgehead atoms. The average molecular weight is 556 g/mol. The first kappa shape index (κ1) is 26.2. The van der Waals surface area contributed by atoms with Gasteiger partial charge in [-0.1, -0.05) is 43.5 Å². The molecule has 0 saturated heterocycles. The third kappa shape index (κ3) is 4.77. The molecule has 0 radical (unpaired) electrons. The number of thiophene rings is 1. The van der Waals surface area contributed by atoms with Crippen LogP contribution in [0.2, 0.25) is 0 Å². The predicted molar refractivity (Wildman–Crippen MR) is 157 cm³/mol. The molecule has 0 unspecified atom stereocenters. The molecule has 40 heavy (non-hydrogen) atoms. The Bertz CT molecular complexity index is 1760. The standard InChI is InChI=1S/C32H30FN3O3S/c1-35(2)28(37)18-36-26-17-27(32(38)39)40-31(26)29(19-7-4-3-5-8-19)30(36)22-12-14-25-21(15-22)11-13-24(34-25)20-9-6-10-23(33)16-20/h6,9-17,19H,3-5,7-8,18H2,1-2H3,(H,38,39). The molecule has 5 aromatic rings. The topological polar surface area (TPSA) is 75.4 Å². The minimum Gasteiger partial charge on any atom is -0.477 e. The van der Waals surface area contributed by atoms with Crippen LogP contribution < -0.4 is 0 Å². The van der Waals surface area contributed by atoms with Crippen molar-refractivity contribution in [2.45, 2.75) is 44.6 Å². The predicted octanol–water partition coefficient (Wildman–Crippen LogP) is 7.56. The molecule has 0 atom stereocenters. The summed E-state index contributed by atoms with van der Waals surface area (Å²) in [6.07, 6.45) is 5.55. The summed E-state index contributed by atoms with van der Waals surface area (Å²) >= 11 is 1.31. The molecule has 6 nitrogen and oxygen atoms in total. The van der Waals surface area contributed by atoms with Crippen molar-refractivity contribution in [1.82, 2.24) is 14.5 Å². The van der Waals surface area contributed by atoms with Gasteiger partial charge in [-0.15, -0.1) is 11.3 Å². The van der Waals surface area contributed by atoms with Crippen LogP contribution in [0.1, 0.15) is 53.3 Å². The molecule has 3 aromatic heterocycles. The third-order valence-corrected chi connectivity index (χ3v) is 9.02. The van der Waals surface area contributed by atoms with E-state index in [0.717, 1.165) is 69.2 Å². The molecule has 1 N–H and O–H groups in total. The summed E-state index contributed by atoms with van der Waals surface area (Å²) in [5, 5.41) is 10.7. The zero-order chi connectivity index (χ0) is 28.0. The van der Waals surface area contributed by atoms with E-state index in [9.17, 15) is 19.1 Å². The maximum absolute atomic E-state index is 13.8. The Balaban J connectivity index is 1.55. The van der Waals surface area contributed by atoms with Gasteiger partial charge in [-0.2, -0.15) is 0 Å². The molecule has 1 amide bonds. The van der Waals surface area contributed by atoms with E-state index in [0.29, 0.717) is 11.6 Å². The largest absolute Gasteiger partial charge is 0.477 e. The number of carboxylic acid groups (broad SMARTS) is 1. The molecule has 1 saturated carbocycles. The first-order valence-corrected chi connectivity index (χ1v) is 14.4. The van der Waals surface area contributed by atoms with Gasteiger partial charge in [-0.25, -0.2) is 14.2 Å². The van der Waals surface area contributed by atoms with Crippen molar-refractivity contribution in [2.75, 3.05) is 14.1 Å². The average Bonchev–Trinajstić information content (AvgIpc) is 3.51. The number of aromatic carboxylic acids is 1. The van der Waals surface area contributed by atoms with Gasteiger partial charge in [0.2, 0.25) is 5.91 Å². The number of hydrogen-bond acceptors (Lipinski definition) is 4. The lowest BCUT2D eigenvalue weighted by Crippen LogP contribution is -2.26. The van der Waals surface area contributed by atoms with Crippen LogP contribution in [0.5, 0.6) is 0 Å². The van der Waals surface area contributed by atoms with E-state index in [-0.39, 0.29) is 23.1 Å². The Morgan fingerprint density at radius 3 is 2.55 bits per heavy atom. The van der Waals surface area contributed by atoms with Crippen LogP contribution in [0, 0.1) is 5.82 Å². The Kier molecular flexibility index (Phi) is 6.88. The number of carbonyl (C=O) groups excluding carboxylic acids is 1. The number of fused-ring (bicyclic) bond motifs is 2. The number of rotatable bonds is 6. The number of amides is 1. The normalized spacial score (nSPS) is 14.2. The number of carboxylic acids is 1. The number of hydrogen-bond donors (Lipinski definition) is 1. The minimum atomic E-state index is -0.950. The Morgan fingerprint density at radius 2 is 1.82 bits per heavy atom. The van der Waals surface area contributed by atoms with Crippen LogP contribution in [0.4, 0.5) is 4.39 Å². The number of likely N-dealkylation sites (N-methyl/N-ethyl adjacent to an activating group) is 1. The highest BCUT2D eigenvalue weighted by molar-refractivity contribution is 7.21. The van der Waals surface area contributed by atoms with Gasteiger partial charge in [0.15, 0.2) is 0 Å². The van der Waals surface area contributed by atoms with E-state index in [1.807, 2.05) is 34.9 Å². The van der Waals surface area contributed by atoms with E-state index < -0.39 is 5.97 Å². The maximum Gasteiger partial charge on any atom is 0.345 e. The summed E-state index contributed by atoms with van der Waals surface area (Å²) in [5.41, 5.74) is 6.12. The molecule has 0 aliphatic heterocycles. The number of nitrogens with zero attached hydrogens (tertiary/aromatic N) is 3. The maximum atomic E-state index is 13.8. The molecular formula is C32H30FN3O3S. The molecule has 1 fully saturated rings. The van der Waals surface area contributed by atoms with E-state index in [1.54, 1.807) is 31.1 Å². The minimum absolute atomic E-state index is 0.0568. The fourth-order valence-electron chi connectivity index (χ4n) is 5.86. The summed E-state index contributed by atoms with van der Waals surface area (Å²) in [7, 11) is 3.47. The molecule has 0 spiro atoms. The van der Waals surface area contributed by atoms with Crippen molar-refractivity contribution >= 4 is 44.3 Å². The highest BCUT2D eigenvalue weighted by atomic mass is 32.1. The van der Waals surface area contributed by atoms with Crippen molar-refractivity contribution in [1.29, 1.82) is 0 Å². The Labute approximate surface area is 235 Å². The van der Waals surface area contributed by atoms with Crippen LogP contribution in [0.25, 0.3) is 43.6 Å². The lowest BCUT2D eigenvalue weighted by Gasteiger charge is -2.24. The van der Waals surface area contributed by atoms with Gasteiger partial charge in [0.1, 0.15) is 17.2 Å². The van der Waals surface area contributed by atoms with Crippen LogP contribution in [-0.4, -0.2) is 45.5 Å². The van der Waals surface area contributed by atoms with Crippen molar-refractivity contribution < 1.29 is 19.1 Å².